The van der Waals surface area contributed by atoms with Crippen molar-refractivity contribution < 1.29 is 18.3 Å². The topological polar surface area (TPSA) is 114 Å². The summed E-state index contributed by atoms with van der Waals surface area (Å²) in [5, 5.41) is 15.5. The second-order valence-corrected chi connectivity index (χ2v) is 8.12. The maximum absolute atomic E-state index is 12.6. The van der Waals surface area contributed by atoms with E-state index in [1.54, 1.807) is 0 Å². The lowest BCUT2D eigenvalue weighted by Crippen LogP contribution is -2.31. The lowest BCUT2D eigenvalue weighted by molar-refractivity contribution is 0.0680. The molecule has 1 fully saturated rings. The minimum absolute atomic E-state index is 0.195. The molecule has 23 heavy (non-hydrogen) atoms. The Labute approximate surface area is 137 Å². The monoisotopic (exact) mass is 356 g/mol. The highest BCUT2D eigenvalue weighted by molar-refractivity contribution is 7.89. The molecule has 1 aliphatic rings. The molecule has 0 amide bonds. The molecule has 2 N–H and O–H groups in total. The van der Waals surface area contributed by atoms with E-state index in [9.17, 15) is 18.3 Å². The van der Waals surface area contributed by atoms with Crippen LogP contribution in [0.25, 0.3) is 0 Å². The lowest BCUT2D eigenvalue weighted by atomic mass is 10.2. The van der Waals surface area contributed by atoms with Crippen molar-refractivity contribution >= 4 is 27.3 Å². The maximum Gasteiger partial charge on any atom is 0.355 e. The van der Waals surface area contributed by atoms with Gasteiger partial charge in [-0.25, -0.2) is 22.9 Å². The molecule has 0 saturated heterocycles. The summed E-state index contributed by atoms with van der Waals surface area (Å²) in [4.78, 5) is 15.3. The van der Waals surface area contributed by atoms with Crippen molar-refractivity contribution in [2.24, 2.45) is 13.0 Å². The summed E-state index contributed by atoms with van der Waals surface area (Å²) in [6.07, 6.45) is 2.90. The zero-order valence-corrected chi connectivity index (χ0v) is 14.2. The van der Waals surface area contributed by atoms with Gasteiger partial charge in [-0.05, 0) is 25.7 Å². The highest BCUT2D eigenvalue weighted by Gasteiger charge is 2.38. The molecule has 0 bridgehead atoms. The molecule has 0 aliphatic heterocycles. The Kier molecular flexibility index (Phi) is 3.98. The Morgan fingerprint density at radius 1 is 1.52 bits per heavy atom. The third kappa shape index (κ3) is 3.14. The molecule has 2 heterocycles. The van der Waals surface area contributed by atoms with E-state index in [1.165, 1.54) is 18.4 Å². The molecule has 2 aromatic rings. The Hall–Kier alpha value is -1.78. The summed E-state index contributed by atoms with van der Waals surface area (Å²) in [5.41, 5.74) is 0.477. The number of carboxylic acids is 1. The fraction of sp³-hybridized carbons (Fsp3) is 0.462. The molecule has 0 radical (unpaired) electrons. The summed E-state index contributed by atoms with van der Waals surface area (Å²) in [6.45, 7) is 1.85. The summed E-state index contributed by atoms with van der Waals surface area (Å²) in [6, 6.07) is -0.430. The Morgan fingerprint density at radius 2 is 2.22 bits per heavy atom. The second kappa shape index (κ2) is 5.69. The van der Waals surface area contributed by atoms with Gasteiger partial charge in [0.15, 0.2) is 5.69 Å². The van der Waals surface area contributed by atoms with Crippen LogP contribution in [-0.4, -0.2) is 34.3 Å². The summed E-state index contributed by atoms with van der Waals surface area (Å²) in [5.74, 6) is -1.14. The van der Waals surface area contributed by atoms with Crippen LogP contribution in [0.5, 0.6) is 0 Å². The molecule has 124 valence electrons. The largest absolute Gasteiger partial charge is 0.476 e. The first-order valence-corrected chi connectivity index (χ1v) is 9.35. The number of carboxylic acid groups (broad SMARTS) is 1. The maximum atomic E-state index is 12.6. The first-order chi connectivity index (χ1) is 10.8. The van der Waals surface area contributed by atoms with E-state index >= 15 is 0 Å². The highest BCUT2D eigenvalue weighted by Crippen LogP contribution is 2.42. The summed E-state index contributed by atoms with van der Waals surface area (Å²) < 4.78 is 28.9. The van der Waals surface area contributed by atoms with Crippen LogP contribution in [0.15, 0.2) is 16.5 Å². The van der Waals surface area contributed by atoms with Crippen LogP contribution in [-0.2, 0) is 17.1 Å². The molecule has 1 saturated carbocycles. The van der Waals surface area contributed by atoms with Crippen LogP contribution in [0, 0.1) is 12.8 Å². The molecule has 1 aliphatic carbocycles. The third-order valence-corrected chi connectivity index (χ3v) is 6.16. The fourth-order valence-electron chi connectivity index (χ4n) is 2.38. The number of nitrogens with one attached hydrogen (secondary N) is 1. The van der Waals surface area contributed by atoms with Gasteiger partial charge in [-0.1, -0.05) is 0 Å². The number of carbonyl (C=O) groups is 1. The number of hydrogen-bond donors (Lipinski definition) is 2. The zero-order chi connectivity index (χ0) is 16.8. The first kappa shape index (κ1) is 16.1. The zero-order valence-electron chi connectivity index (χ0n) is 12.6. The molecule has 0 aromatic carbocycles. The third-order valence-electron chi connectivity index (χ3n) is 3.68. The van der Waals surface area contributed by atoms with Crippen LogP contribution in [0.3, 0.4) is 0 Å². The summed E-state index contributed by atoms with van der Waals surface area (Å²) in [7, 11) is -2.61. The smallest absolute Gasteiger partial charge is 0.355 e. The van der Waals surface area contributed by atoms with E-state index in [0.717, 1.165) is 29.4 Å². The number of hydrogen-bond acceptors (Lipinski definition) is 6. The number of aromatic carboxylic acids is 1. The molecule has 10 heteroatoms. The quantitative estimate of drug-likeness (QED) is 0.807. The predicted molar refractivity (Wildman–Crippen MR) is 82.8 cm³/mol. The van der Waals surface area contributed by atoms with Crippen LogP contribution in [0.2, 0.25) is 0 Å². The Balaban J connectivity index is 1.95. The van der Waals surface area contributed by atoms with Crippen LogP contribution in [0.4, 0.5) is 0 Å². The van der Waals surface area contributed by atoms with Gasteiger partial charge >= 0.3 is 5.97 Å². The minimum atomic E-state index is -4.01. The second-order valence-electron chi connectivity index (χ2n) is 5.55. The number of rotatable bonds is 6. The van der Waals surface area contributed by atoms with E-state index in [0.29, 0.717) is 5.01 Å². The number of sulfonamides is 1. The molecular weight excluding hydrogens is 340 g/mol. The van der Waals surface area contributed by atoms with Gasteiger partial charge < -0.3 is 5.11 Å². The van der Waals surface area contributed by atoms with Gasteiger partial charge in [0, 0.05) is 18.1 Å². The Bertz CT molecular complexity index is 851. The van der Waals surface area contributed by atoms with Gasteiger partial charge in [-0.3, -0.25) is 4.68 Å². The van der Waals surface area contributed by atoms with E-state index < -0.39 is 22.0 Å². The molecule has 1 unspecified atom stereocenters. The number of thiazole rings is 1. The summed E-state index contributed by atoms with van der Waals surface area (Å²) >= 11 is 1.40. The molecular formula is C13H16N4O4S2. The SMILES string of the molecule is Cc1csc(C(NS(=O)(=O)c2cnn(C)c2C(=O)O)C2CC2)n1. The molecule has 8 nitrogen and oxygen atoms in total. The van der Waals surface area contributed by atoms with Gasteiger partial charge in [-0.15, -0.1) is 11.3 Å². The van der Waals surface area contributed by atoms with E-state index in [-0.39, 0.29) is 16.5 Å². The average Bonchev–Trinajstić information content (AvgIpc) is 3.09. The van der Waals surface area contributed by atoms with Gasteiger partial charge in [-0.2, -0.15) is 5.10 Å². The van der Waals surface area contributed by atoms with E-state index in [2.05, 4.69) is 14.8 Å². The standard InChI is InChI=1S/C13H16N4O4S2/c1-7-6-22-12(15-7)10(8-3-4-8)16-23(20,21)9-5-14-17(2)11(9)13(18)19/h5-6,8,10,16H,3-4H2,1-2H3,(H,18,19). The number of aromatic nitrogens is 3. The van der Waals surface area contributed by atoms with Crippen LogP contribution in [0.1, 0.15) is 40.1 Å². The van der Waals surface area contributed by atoms with Crippen molar-refractivity contribution in [1.82, 2.24) is 19.5 Å². The van der Waals surface area contributed by atoms with Crippen LogP contribution >= 0.6 is 11.3 Å². The van der Waals surface area contributed by atoms with Crippen molar-refractivity contribution in [1.29, 1.82) is 0 Å². The molecule has 3 rings (SSSR count). The Morgan fingerprint density at radius 3 is 2.74 bits per heavy atom. The highest BCUT2D eigenvalue weighted by atomic mass is 32.2. The van der Waals surface area contributed by atoms with Gasteiger partial charge in [0.2, 0.25) is 10.0 Å². The van der Waals surface area contributed by atoms with Crippen molar-refractivity contribution in [3.05, 3.63) is 28.0 Å². The van der Waals surface area contributed by atoms with Crippen molar-refractivity contribution in [3.63, 3.8) is 0 Å². The minimum Gasteiger partial charge on any atom is -0.476 e. The fourth-order valence-corrected chi connectivity index (χ4v) is 4.82. The number of nitrogens with zero attached hydrogens (tertiary/aromatic N) is 3. The van der Waals surface area contributed by atoms with Gasteiger partial charge in [0.25, 0.3) is 0 Å². The van der Waals surface area contributed by atoms with Gasteiger partial charge in [0.05, 0.1) is 12.2 Å². The normalized spacial score (nSPS) is 16.4. The van der Waals surface area contributed by atoms with E-state index in [1.807, 2.05) is 12.3 Å². The van der Waals surface area contributed by atoms with Crippen molar-refractivity contribution in [3.8, 4) is 0 Å². The van der Waals surface area contributed by atoms with Crippen LogP contribution < -0.4 is 4.72 Å². The average molecular weight is 356 g/mol. The molecule has 2 aromatic heterocycles. The van der Waals surface area contributed by atoms with E-state index in [4.69, 9.17) is 0 Å². The number of aryl methyl sites for hydroxylation is 2. The lowest BCUT2D eigenvalue weighted by Gasteiger charge is -2.15. The molecule has 0 spiro atoms. The predicted octanol–water partition coefficient (Wildman–Crippen LogP) is 1.31. The molecule has 1 atom stereocenters. The van der Waals surface area contributed by atoms with Crippen molar-refractivity contribution in [2.45, 2.75) is 30.7 Å². The first-order valence-electron chi connectivity index (χ1n) is 6.99. The van der Waals surface area contributed by atoms with Gasteiger partial charge in [0.1, 0.15) is 9.90 Å². The van der Waals surface area contributed by atoms with Crippen molar-refractivity contribution in [2.75, 3.05) is 0 Å².